The first-order valence-corrected chi connectivity index (χ1v) is 6.88. The van der Waals surface area contributed by atoms with E-state index < -0.39 is 10.0 Å². The van der Waals surface area contributed by atoms with Crippen molar-refractivity contribution in [3.8, 4) is 0 Å². The van der Waals surface area contributed by atoms with Crippen molar-refractivity contribution in [2.45, 2.75) is 30.7 Å². The second kappa shape index (κ2) is 6.70. The van der Waals surface area contributed by atoms with Gasteiger partial charge in [-0.05, 0) is 31.9 Å². The molecule has 1 aromatic carbocycles. The molecular weight excluding hydrogens is 242 g/mol. The molecule has 0 saturated heterocycles. The van der Waals surface area contributed by atoms with Crippen molar-refractivity contribution < 1.29 is 18.6 Å². The summed E-state index contributed by atoms with van der Waals surface area (Å²) in [6, 6.07) is 8.02. The van der Waals surface area contributed by atoms with E-state index in [-0.39, 0.29) is 17.5 Å². The van der Waals surface area contributed by atoms with Crippen LogP contribution >= 0.6 is 0 Å². The molecule has 0 amide bonds. The average Bonchev–Trinajstić information content (AvgIpc) is 2.30. The Morgan fingerprint density at radius 3 is 2.59 bits per heavy atom. The molecule has 0 bridgehead atoms. The van der Waals surface area contributed by atoms with Crippen molar-refractivity contribution >= 4 is 10.0 Å². The number of sulfonamides is 1. The van der Waals surface area contributed by atoms with Crippen LogP contribution < -0.4 is 4.72 Å². The van der Waals surface area contributed by atoms with Gasteiger partial charge in [0.25, 0.3) is 0 Å². The Kier molecular flexibility index (Phi) is 5.57. The summed E-state index contributed by atoms with van der Waals surface area (Å²) in [7, 11) is -3.45. The Bertz CT molecular complexity index is 418. The quantitative estimate of drug-likeness (QED) is 0.443. The van der Waals surface area contributed by atoms with E-state index in [1.54, 1.807) is 37.3 Å². The third-order valence-electron chi connectivity index (χ3n) is 2.28. The topological polar surface area (TPSA) is 75.6 Å². The van der Waals surface area contributed by atoms with Crippen molar-refractivity contribution in [2.75, 3.05) is 6.61 Å². The summed E-state index contributed by atoms with van der Waals surface area (Å²) >= 11 is 0. The van der Waals surface area contributed by atoms with Crippen molar-refractivity contribution in [3.63, 3.8) is 0 Å². The van der Waals surface area contributed by atoms with Crippen LogP contribution in [0.5, 0.6) is 0 Å². The summed E-state index contributed by atoms with van der Waals surface area (Å²) in [4.78, 5) is 4.18. The van der Waals surface area contributed by atoms with Gasteiger partial charge in [0.2, 0.25) is 10.0 Å². The number of hydrogen-bond donors (Lipinski definition) is 2. The van der Waals surface area contributed by atoms with Crippen LogP contribution in [0.15, 0.2) is 35.2 Å². The molecule has 0 saturated carbocycles. The normalized spacial score (nSPS) is 13.5. The van der Waals surface area contributed by atoms with E-state index in [0.717, 1.165) is 0 Å². The van der Waals surface area contributed by atoms with Crippen LogP contribution in [0.4, 0.5) is 0 Å². The number of nitrogens with one attached hydrogen (secondary N) is 1. The Labute approximate surface area is 101 Å². The van der Waals surface area contributed by atoms with E-state index in [1.165, 1.54) is 0 Å². The Balaban J connectivity index is 2.55. The Hall–Kier alpha value is -0.950. The minimum absolute atomic E-state index is 0.199. The van der Waals surface area contributed by atoms with E-state index >= 15 is 0 Å². The van der Waals surface area contributed by atoms with E-state index in [9.17, 15) is 8.42 Å². The molecule has 0 spiro atoms. The van der Waals surface area contributed by atoms with Crippen LogP contribution in [0.1, 0.15) is 19.8 Å². The standard InChI is InChI=1S/C11H17NO4S/c1-10(6-5-9-16-13)12-17(14,15)11-7-3-2-4-8-11/h2-4,7-8,10,12-13H,5-6,9H2,1H3. The third-order valence-corrected chi connectivity index (χ3v) is 3.89. The fourth-order valence-electron chi connectivity index (χ4n) is 1.45. The third kappa shape index (κ3) is 4.82. The van der Waals surface area contributed by atoms with Gasteiger partial charge in [-0.3, -0.25) is 5.26 Å². The molecule has 1 unspecified atom stereocenters. The summed E-state index contributed by atoms with van der Waals surface area (Å²) in [5.74, 6) is 0. The molecule has 0 radical (unpaired) electrons. The van der Waals surface area contributed by atoms with Gasteiger partial charge in [0.1, 0.15) is 0 Å². The van der Waals surface area contributed by atoms with Gasteiger partial charge in [-0.1, -0.05) is 18.2 Å². The first-order chi connectivity index (χ1) is 8.06. The number of benzene rings is 1. The molecule has 0 aromatic heterocycles. The monoisotopic (exact) mass is 259 g/mol. The maximum absolute atomic E-state index is 11.9. The zero-order valence-corrected chi connectivity index (χ0v) is 10.5. The van der Waals surface area contributed by atoms with E-state index in [2.05, 4.69) is 9.61 Å². The highest BCUT2D eigenvalue weighted by Crippen LogP contribution is 2.09. The first-order valence-electron chi connectivity index (χ1n) is 5.40. The fraction of sp³-hybridized carbons (Fsp3) is 0.455. The van der Waals surface area contributed by atoms with Crippen molar-refractivity contribution in [3.05, 3.63) is 30.3 Å². The van der Waals surface area contributed by atoms with Crippen LogP contribution in [0.25, 0.3) is 0 Å². The smallest absolute Gasteiger partial charge is 0.240 e. The molecule has 0 aliphatic carbocycles. The minimum Gasteiger partial charge on any atom is -0.252 e. The molecule has 2 N–H and O–H groups in total. The molecule has 1 rings (SSSR count). The van der Waals surface area contributed by atoms with E-state index in [0.29, 0.717) is 12.8 Å². The average molecular weight is 259 g/mol. The van der Waals surface area contributed by atoms with Gasteiger partial charge in [-0.15, -0.1) is 0 Å². The molecule has 0 aliphatic rings. The fourth-order valence-corrected chi connectivity index (χ4v) is 2.74. The predicted molar refractivity (Wildman–Crippen MR) is 64.0 cm³/mol. The van der Waals surface area contributed by atoms with Gasteiger partial charge >= 0.3 is 0 Å². The van der Waals surface area contributed by atoms with Gasteiger partial charge in [-0.25, -0.2) is 18.0 Å². The summed E-state index contributed by atoms with van der Waals surface area (Å²) in [6.45, 7) is 1.98. The van der Waals surface area contributed by atoms with Crippen LogP contribution in [0, 0.1) is 0 Å². The first kappa shape index (κ1) is 14.1. The van der Waals surface area contributed by atoms with Crippen LogP contribution in [0.3, 0.4) is 0 Å². The minimum atomic E-state index is -3.45. The number of rotatable bonds is 7. The molecule has 17 heavy (non-hydrogen) atoms. The number of hydrogen-bond acceptors (Lipinski definition) is 4. The second-order valence-corrected chi connectivity index (χ2v) is 5.52. The van der Waals surface area contributed by atoms with Crippen LogP contribution in [-0.4, -0.2) is 26.3 Å². The molecule has 5 nitrogen and oxygen atoms in total. The van der Waals surface area contributed by atoms with E-state index in [1.807, 2.05) is 0 Å². The summed E-state index contributed by atoms with van der Waals surface area (Å²) in [5, 5.41) is 8.15. The Morgan fingerprint density at radius 1 is 1.35 bits per heavy atom. The lowest BCUT2D eigenvalue weighted by molar-refractivity contribution is -0.242. The molecule has 96 valence electrons. The maximum atomic E-state index is 11.9. The zero-order chi connectivity index (χ0) is 12.7. The summed E-state index contributed by atoms with van der Waals surface area (Å²) in [6.07, 6.45) is 1.20. The van der Waals surface area contributed by atoms with Crippen LogP contribution in [0.2, 0.25) is 0 Å². The molecule has 0 aliphatic heterocycles. The van der Waals surface area contributed by atoms with Crippen molar-refractivity contribution in [1.82, 2.24) is 4.72 Å². The van der Waals surface area contributed by atoms with Gasteiger partial charge in [0.05, 0.1) is 11.5 Å². The highest BCUT2D eigenvalue weighted by Gasteiger charge is 2.16. The molecule has 1 aromatic rings. The highest BCUT2D eigenvalue weighted by atomic mass is 32.2. The molecule has 1 atom stereocenters. The summed E-state index contributed by atoms with van der Waals surface area (Å²) in [5.41, 5.74) is 0. The molecular formula is C11H17NO4S. The zero-order valence-electron chi connectivity index (χ0n) is 9.67. The van der Waals surface area contributed by atoms with Gasteiger partial charge in [0.15, 0.2) is 0 Å². The predicted octanol–water partition coefficient (Wildman–Crippen LogP) is 1.62. The SMILES string of the molecule is CC(CCCOO)NS(=O)(=O)c1ccccc1. The highest BCUT2D eigenvalue weighted by molar-refractivity contribution is 7.89. The largest absolute Gasteiger partial charge is 0.252 e. The molecule has 0 fully saturated rings. The van der Waals surface area contributed by atoms with E-state index in [4.69, 9.17) is 5.26 Å². The van der Waals surface area contributed by atoms with Crippen LogP contribution in [-0.2, 0) is 14.9 Å². The summed E-state index contributed by atoms with van der Waals surface area (Å²) < 4.78 is 26.3. The lowest BCUT2D eigenvalue weighted by Gasteiger charge is -2.13. The maximum Gasteiger partial charge on any atom is 0.240 e. The van der Waals surface area contributed by atoms with Gasteiger partial charge < -0.3 is 0 Å². The molecule has 0 heterocycles. The van der Waals surface area contributed by atoms with Gasteiger partial charge in [-0.2, -0.15) is 0 Å². The van der Waals surface area contributed by atoms with Crippen molar-refractivity contribution in [1.29, 1.82) is 0 Å². The molecule has 6 heteroatoms. The lowest BCUT2D eigenvalue weighted by atomic mass is 10.2. The van der Waals surface area contributed by atoms with Crippen molar-refractivity contribution in [2.24, 2.45) is 0 Å². The lowest BCUT2D eigenvalue weighted by Crippen LogP contribution is -2.32. The second-order valence-electron chi connectivity index (χ2n) is 3.81. The van der Waals surface area contributed by atoms with Gasteiger partial charge in [0, 0.05) is 6.04 Å². The Morgan fingerprint density at radius 2 is 2.00 bits per heavy atom.